The van der Waals surface area contributed by atoms with Crippen LogP contribution in [0.2, 0.25) is 0 Å². The number of carbonyl (C=O) groups excluding carboxylic acids is 1. The fraction of sp³-hybridized carbons (Fsp3) is 0.235. The highest BCUT2D eigenvalue weighted by Gasteiger charge is 2.35. The van der Waals surface area contributed by atoms with Gasteiger partial charge in [-0.1, -0.05) is 12.1 Å². The van der Waals surface area contributed by atoms with Gasteiger partial charge in [0.1, 0.15) is 11.4 Å². The normalized spacial score (nSPS) is 16.5. The highest BCUT2D eigenvalue weighted by molar-refractivity contribution is 6.00. The highest BCUT2D eigenvalue weighted by atomic mass is 19.3. The number of ether oxygens (including phenoxy) is 2. The molecule has 0 unspecified atom stereocenters. The summed E-state index contributed by atoms with van der Waals surface area (Å²) in [4.78, 5) is 13.5. The number of halogens is 4. The van der Waals surface area contributed by atoms with Crippen molar-refractivity contribution in [2.45, 2.75) is 26.2 Å². The number of fused-ring (bicyclic) bond motifs is 1. The largest absolute Gasteiger partial charge is 0.476 e. The number of rotatable bonds is 4. The molecule has 0 radical (unpaired) electrons. The van der Waals surface area contributed by atoms with Crippen molar-refractivity contribution in [2.24, 2.45) is 0 Å². The molecule has 9 heteroatoms. The summed E-state index contributed by atoms with van der Waals surface area (Å²) in [6.07, 6.45) is -1.03. The third kappa shape index (κ3) is 3.24. The van der Waals surface area contributed by atoms with E-state index >= 15 is 0 Å². The third-order valence-electron chi connectivity index (χ3n) is 3.85. The highest BCUT2D eigenvalue weighted by Crippen LogP contribution is 2.41. The lowest BCUT2D eigenvalue weighted by molar-refractivity contribution is -0.125. The van der Waals surface area contributed by atoms with Crippen molar-refractivity contribution in [1.29, 1.82) is 0 Å². The van der Waals surface area contributed by atoms with Crippen molar-refractivity contribution in [3.8, 4) is 11.5 Å². The van der Waals surface area contributed by atoms with Crippen LogP contribution >= 0.6 is 0 Å². The van der Waals surface area contributed by atoms with Gasteiger partial charge in [0.05, 0.1) is 12.2 Å². The molecule has 26 heavy (non-hydrogen) atoms. The second kappa shape index (κ2) is 6.74. The Hall–Kier alpha value is -2.97. The van der Waals surface area contributed by atoms with Gasteiger partial charge in [-0.2, -0.15) is 8.78 Å². The molecule has 2 aromatic carbocycles. The molecular weight excluding hydrogens is 356 g/mol. The van der Waals surface area contributed by atoms with Gasteiger partial charge in [0.15, 0.2) is 23.5 Å². The Balaban J connectivity index is 1.99. The molecule has 2 aromatic rings. The maximum absolute atomic E-state index is 14.2. The number of alkyl halides is 2. The fourth-order valence-corrected chi connectivity index (χ4v) is 2.65. The number of nitrogen functional groups attached to an aromatic ring is 1. The van der Waals surface area contributed by atoms with Crippen molar-refractivity contribution >= 4 is 17.3 Å². The lowest BCUT2D eigenvalue weighted by atomic mass is 10.1. The minimum absolute atomic E-state index is 0.0962. The summed E-state index contributed by atoms with van der Waals surface area (Å²) in [6, 6.07) is 6.57. The first-order chi connectivity index (χ1) is 12.3. The van der Waals surface area contributed by atoms with E-state index in [0.29, 0.717) is 5.56 Å². The molecule has 2 N–H and O–H groups in total. The molecule has 1 aliphatic rings. The van der Waals surface area contributed by atoms with Crippen LogP contribution in [0.3, 0.4) is 0 Å². The Bertz CT molecular complexity index is 860. The molecule has 0 bridgehead atoms. The van der Waals surface area contributed by atoms with Gasteiger partial charge in [-0.05, 0) is 24.6 Å². The zero-order chi connectivity index (χ0) is 19.0. The van der Waals surface area contributed by atoms with Gasteiger partial charge in [0, 0.05) is 6.07 Å². The topological polar surface area (TPSA) is 64.8 Å². The summed E-state index contributed by atoms with van der Waals surface area (Å²) in [5, 5.41) is 0. The smallest absolute Gasteiger partial charge is 0.387 e. The van der Waals surface area contributed by atoms with Crippen LogP contribution < -0.4 is 20.1 Å². The first-order valence-corrected chi connectivity index (χ1v) is 7.57. The first-order valence-electron chi connectivity index (χ1n) is 7.57. The van der Waals surface area contributed by atoms with E-state index in [-0.39, 0.29) is 23.7 Å². The van der Waals surface area contributed by atoms with Crippen molar-refractivity contribution in [2.75, 3.05) is 10.6 Å². The van der Waals surface area contributed by atoms with Crippen LogP contribution in [0.25, 0.3) is 0 Å². The Labute approximate surface area is 145 Å². The van der Waals surface area contributed by atoms with E-state index < -0.39 is 35.9 Å². The zero-order valence-electron chi connectivity index (χ0n) is 13.5. The van der Waals surface area contributed by atoms with Crippen molar-refractivity contribution in [3.05, 3.63) is 47.5 Å². The number of nitrogens with two attached hydrogens (primary N) is 1. The summed E-state index contributed by atoms with van der Waals surface area (Å²) in [6.45, 7) is -1.71. The predicted molar refractivity (Wildman–Crippen MR) is 85.1 cm³/mol. The van der Waals surface area contributed by atoms with Crippen LogP contribution in [-0.2, 0) is 11.3 Å². The number of amides is 1. The van der Waals surface area contributed by atoms with E-state index in [1.165, 1.54) is 25.1 Å². The second-order valence-corrected chi connectivity index (χ2v) is 5.64. The summed E-state index contributed by atoms with van der Waals surface area (Å²) in [5.41, 5.74) is 4.92. The van der Waals surface area contributed by atoms with E-state index in [0.717, 1.165) is 11.0 Å². The molecule has 138 valence electrons. The summed E-state index contributed by atoms with van der Waals surface area (Å²) in [5.74, 6) is -3.11. The van der Waals surface area contributed by atoms with Crippen LogP contribution in [-0.4, -0.2) is 18.6 Å². The van der Waals surface area contributed by atoms with Crippen molar-refractivity contribution in [3.63, 3.8) is 0 Å². The number of hydrogen-bond acceptors (Lipinski definition) is 4. The quantitative estimate of drug-likeness (QED) is 0.661. The van der Waals surface area contributed by atoms with E-state index in [4.69, 9.17) is 10.5 Å². The third-order valence-corrected chi connectivity index (χ3v) is 3.85. The monoisotopic (exact) mass is 370 g/mol. The molecule has 0 saturated heterocycles. The van der Waals surface area contributed by atoms with E-state index in [1.807, 2.05) is 0 Å². The maximum Gasteiger partial charge on any atom is 0.387 e. The van der Waals surface area contributed by atoms with Crippen LogP contribution in [0.5, 0.6) is 11.5 Å². The number of benzene rings is 2. The molecule has 0 aliphatic carbocycles. The van der Waals surface area contributed by atoms with Gasteiger partial charge in [-0.25, -0.2) is 8.78 Å². The molecule has 3 rings (SSSR count). The average Bonchev–Trinajstić information content (AvgIpc) is 2.58. The Morgan fingerprint density at radius 1 is 1.31 bits per heavy atom. The molecule has 1 atom stereocenters. The average molecular weight is 370 g/mol. The number of carbonyl (C=O) groups is 1. The molecule has 5 nitrogen and oxygen atoms in total. The number of hydrogen-bond donors (Lipinski definition) is 1. The first kappa shape index (κ1) is 17.8. The minimum atomic E-state index is -3.00. The summed E-state index contributed by atoms with van der Waals surface area (Å²) in [7, 11) is 0. The predicted octanol–water partition coefficient (Wildman–Crippen LogP) is 3.46. The second-order valence-electron chi connectivity index (χ2n) is 5.64. The molecule has 1 heterocycles. The van der Waals surface area contributed by atoms with Crippen molar-refractivity contribution < 1.29 is 31.8 Å². The van der Waals surface area contributed by atoms with E-state index in [1.54, 1.807) is 6.07 Å². The fourth-order valence-electron chi connectivity index (χ4n) is 2.65. The van der Waals surface area contributed by atoms with Crippen LogP contribution in [0.15, 0.2) is 30.3 Å². The van der Waals surface area contributed by atoms with Crippen LogP contribution in [0, 0.1) is 11.6 Å². The maximum atomic E-state index is 14.2. The Morgan fingerprint density at radius 3 is 2.73 bits per heavy atom. The Morgan fingerprint density at radius 2 is 2.04 bits per heavy atom. The summed E-state index contributed by atoms with van der Waals surface area (Å²) < 4.78 is 62.3. The van der Waals surface area contributed by atoms with Crippen molar-refractivity contribution in [1.82, 2.24) is 0 Å². The van der Waals surface area contributed by atoms with Gasteiger partial charge >= 0.3 is 6.61 Å². The SMILES string of the molecule is C[C@H]1Oc2c(cc(F)c(N)c2F)N(Cc2cccc(OC(F)F)c2)C1=O. The molecular formula is C17H14F4N2O3. The van der Waals surface area contributed by atoms with Gasteiger partial charge in [0.25, 0.3) is 5.91 Å². The lowest BCUT2D eigenvalue weighted by Gasteiger charge is -2.33. The molecule has 1 aliphatic heterocycles. The molecule has 0 saturated carbocycles. The molecule has 0 spiro atoms. The van der Waals surface area contributed by atoms with Gasteiger partial charge in [0.2, 0.25) is 0 Å². The van der Waals surface area contributed by atoms with Gasteiger partial charge < -0.3 is 20.1 Å². The Kier molecular flexibility index (Phi) is 4.62. The van der Waals surface area contributed by atoms with E-state index in [2.05, 4.69) is 4.74 Å². The van der Waals surface area contributed by atoms with Gasteiger partial charge in [-0.3, -0.25) is 4.79 Å². The lowest BCUT2D eigenvalue weighted by Crippen LogP contribution is -2.44. The molecule has 1 amide bonds. The standard InChI is InChI=1S/C17H14F4N2O3/c1-8-16(24)23(7-9-3-2-4-10(5-9)26-17(20)21)12-6-11(18)14(22)13(19)15(12)25-8/h2-6,8,17H,7,22H2,1H3/t8-/m1/s1. The van der Waals surface area contributed by atoms with E-state index in [9.17, 15) is 22.4 Å². The van der Waals surface area contributed by atoms with Crippen LogP contribution in [0.4, 0.5) is 28.9 Å². The number of nitrogens with zero attached hydrogens (tertiary/aromatic N) is 1. The molecule has 0 fully saturated rings. The van der Waals surface area contributed by atoms with Gasteiger partial charge in [-0.15, -0.1) is 0 Å². The summed E-state index contributed by atoms with van der Waals surface area (Å²) >= 11 is 0. The molecule has 0 aromatic heterocycles. The number of anilines is 2. The minimum Gasteiger partial charge on any atom is -0.476 e. The van der Waals surface area contributed by atoms with Crippen LogP contribution in [0.1, 0.15) is 12.5 Å². The zero-order valence-corrected chi connectivity index (χ0v) is 13.5.